The van der Waals surface area contributed by atoms with Crippen molar-refractivity contribution in [3.63, 3.8) is 0 Å². The predicted molar refractivity (Wildman–Crippen MR) is 69.9 cm³/mol. The second-order valence-corrected chi connectivity index (χ2v) is 4.67. The third-order valence-electron chi connectivity index (χ3n) is 2.91. The summed E-state index contributed by atoms with van der Waals surface area (Å²) in [5.74, 6) is -2.26. The van der Waals surface area contributed by atoms with Gasteiger partial charge in [-0.15, -0.1) is 0 Å². The topological polar surface area (TPSA) is 86.3 Å². The molecule has 0 aliphatic rings. The van der Waals surface area contributed by atoms with E-state index in [1.54, 1.807) is 13.8 Å². The Morgan fingerprint density at radius 1 is 1.45 bits per heavy atom. The first kappa shape index (κ1) is 14.0. The number of hydrogen-bond donors (Lipinski definition) is 2. The molecule has 1 aromatic carbocycles. The van der Waals surface area contributed by atoms with Crippen molar-refractivity contribution < 1.29 is 19.1 Å². The molecule has 1 amide bonds. The van der Waals surface area contributed by atoms with Crippen molar-refractivity contribution in [1.29, 1.82) is 0 Å². The summed E-state index contributed by atoms with van der Waals surface area (Å²) in [6.07, 6.45) is 1.36. The number of aromatic amines is 1. The van der Waals surface area contributed by atoms with Gasteiger partial charge in [0, 0.05) is 6.04 Å². The second-order valence-electron chi connectivity index (χ2n) is 4.67. The van der Waals surface area contributed by atoms with E-state index >= 15 is 0 Å². The van der Waals surface area contributed by atoms with Gasteiger partial charge in [-0.2, -0.15) is 0 Å². The average molecular weight is 279 g/mol. The molecule has 1 heterocycles. The lowest BCUT2D eigenvalue weighted by Gasteiger charge is -2.25. The quantitative estimate of drug-likeness (QED) is 0.890. The van der Waals surface area contributed by atoms with E-state index in [9.17, 15) is 14.0 Å². The predicted octanol–water partition coefficient (Wildman–Crippen LogP) is 1.64. The smallest absolute Gasteiger partial charge is 0.323 e. The van der Waals surface area contributed by atoms with Crippen molar-refractivity contribution in [3.05, 3.63) is 29.8 Å². The Morgan fingerprint density at radius 3 is 2.75 bits per heavy atom. The summed E-state index contributed by atoms with van der Waals surface area (Å²) >= 11 is 0. The van der Waals surface area contributed by atoms with Crippen LogP contribution in [0.4, 0.5) is 4.39 Å². The third kappa shape index (κ3) is 2.61. The van der Waals surface area contributed by atoms with Crippen LogP contribution in [-0.2, 0) is 4.79 Å². The number of benzene rings is 1. The molecule has 2 rings (SSSR count). The van der Waals surface area contributed by atoms with Crippen molar-refractivity contribution in [2.24, 2.45) is 0 Å². The summed E-state index contributed by atoms with van der Waals surface area (Å²) < 4.78 is 13.5. The zero-order valence-electron chi connectivity index (χ0n) is 11.1. The Balaban J connectivity index is 2.48. The molecule has 0 spiro atoms. The summed E-state index contributed by atoms with van der Waals surface area (Å²) in [5.41, 5.74) is 0.774. The fourth-order valence-corrected chi connectivity index (χ4v) is 1.97. The maximum atomic E-state index is 13.5. The van der Waals surface area contributed by atoms with Crippen LogP contribution in [0.1, 0.15) is 24.2 Å². The number of rotatable bonds is 4. The van der Waals surface area contributed by atoms with E-state index in [0.717, 1.165) is 11.0 Å². The van der Waals surface area contributed by atoms with Crippen molar-refractivity contribution in [2.45, 2.75) is 19.9 Å². The van der Waals surface area contributed by atoms with Gasteiger partial charge < -0.3 is 15.0 Å². The Bertz CT molecular complexity index is 666. The first-order valence-corrected chi connectivity index (χ1v) is 6.05. The first-order valence-electron chi connectivity index (χ1n) is 6.05. The standard InChI is InChI=1S/C13H14FN3O3/c1-7(2)17(5-11(18)19)13(20)9-3-8(14)4-10-12(9)16-6-15-10/h3-4,6-7H,5H2,1-2H3,(H,15,16)(H,18,19). The fraction of sp³-hybridized carbons (Fsp3) is 0.308. The summed E-state index contributed by atoms with van der Waals surface area (Å²) in [5, 5.41) is 8.87. The number of nitrogens with one attached hydrogen (secondary N) is 1. The number of imidazole rings is 1. The molecule has 0 aliphatic carbocycles. The van der Waals surface area contributed by atoms with Crippen molar-refractivity contribution in [1.82, 2.24) is 14.9 Å². The highest BCUT2D eigenvalue weighted by Gasteiger charge is 2.24. The minimum absolute atomic E-state index is 0.0520. The number of carboxylic acids is 1. The van der Waals surface area contributed by atoms with E-state index in [0.29, 0.717) is 11.0 Å². The molecule has 2 aromatic rings. The van der Waals surface area contributed by atoms with Gasteiger partial charge in [0.25, 0.3) is 5.91 Å². The number of H-pyrrole nitrogens is 1. The number of aliphatic carboxylic acids is 1. The zero-order valence-corrected chi connectivity index (χ0v) is 11.1. The lowest BCUT2D eigenvalue weighted by Crippen LogP contribution is -2.40. The average Bonchev–Trinajstić information content (AvgIpc) is 2.81. The minimum Gasteiger partial charge on any atom is -0.480 e. The van der Waals surface area contributed by atoms with E-state index in [4.69, 9.17) is 5.11 Å². The number of carbonyl (C=O) groups is 2. The molecule has 0 radical (unpaired) electrons. The van der Waals surface area contributed by atoms with Crippen molar-refractivity contribution >= 4 is 22.9 Å². The molecular formula is C13H14FN3O3. The molecule has 20 heavy (non-hydrogen) atoms. The molecule has 0 saturated carbocycles. The van der Waals surface area contributed by atoms with E-state index < -0.39 is 24.2 Å². The van der Waals surface area contributed by atoms with Gasteiger partial charge in [0.15, 0.2) is 0 Å². The molecule has 0 aliphatic heterocycles. The van der Waals surface area contributed by atoms with E-state index in [1.807, 2.05) is 0 Å². The van der Waals surface area contributed by atoms with Gasteiger partial charge in [0.1, 0.15) is 17.9 Å². The monoisotopic (exact) mass is 279 g/mol. The summed E-state index contributed by atoms with van der Waals surface area (Å²) in [4.78, 5) is 31.1. The normalized spacial score (nSPS) is 11.0. The lowest BCUT2D eigenvalue weighted by atomic mass is 10.1. The largest absolute Gasteiger partial charge is 0.480 e. The van der Waals surface area contributed by atoms with E-state index in [1.165, 1.54) is 12.4 Å². The van der Waals surface area contributed by atoms with Crippen LogP contribution in [0.2, 0.25) is 0 Å². The van der Waals surface area contributed by atoms with Crippen molar-refractivity contribution in [2.75, 3.05) is 6.54 Å². The number of amides is 1. The molecule has 0 atom stereocenters. The Labute approximate surface area is 114 Å². The molecule has 0 unspecified atom stereocenters. The molecule has 0 bridgehead atoms. The van der Waals surface area contributed by atoms with Gasteiger partial charge in [0.2, 0.25) is 0 Å². The molecular weight excluding hydrogens is 265 g/mol. The van der Waals surface area contributed by atoms with Crippen LogP contribution < -0.4 is 0 Å². The first-order chi connectivity index (χ1) is 9.40. The molecule has 0 saturated heterocycles. The maximum Gasteiger partial charge on any atom is 0.323 e. The summed E-state index contributed by atoms with van der Waals surface area (Å²) in [6.45, 7) is 2.95. The van der Waals surface area contributed by atoms with Crippen LogP contribution in [0.3, 0.4) is 0 Å². The van der Waals surface area contributed by atoms with Crippen LogP contribution >= 0.6 is 0 Å². The summed E-state index contributed by atoms with van der Waals surface area (Å²) in [6, 6.07) is 1.98. The molecule has 6 nitrogen and oxygen atoms in total. The van der Waals surface area contributed by atoms with Gasteiger partial charge in [-0.3, -0.25) is 9.59 Å². The second kappa shape index (κ2) is 5.28. The molecule has 2 N–H and O–H groups in total. The van der Waals surface area contributed by atoms with E-state index in [2.05, 4.69) is 9.97 Å². The number of carboxylic acid groups (broad SMARTS) is 1. The SMILES string of the molecule is CC(C)N(CC(=O)O)C(=O)c1cc(F)cc2[nH]cnc12. The zero-order chi connectivity index (χ0) is 14.9. The lowest BCUT2D eigenvalue weighted by molar-refractivity contribution is -0.138. The summed E-state index contributed by atoms with van der Waals surface area (Å²) in [7, 11) is 0. The van der Waals surface area contributed by atoms with Gasteiger partial charge >= 0.3 is 5.97 Å². The number of aromatic nitrogens is 2. The Hall–Kier alpha value is -2.44. The highest BCUT2D eigenvalue weighted by molar-refractivity contribution is 6.05. The third-order valence-corrected chi connectivity index (χ3v) is 2.91. The number of carbonyl (C=O) groups excluding carboxylic acids is 1. The molecule has 1 aromatic heterocycles. The molecule has 7 heteroatoms. The maximum absolute atomic E-state index is 13.5. The highest BCUT2D eigenvalue weighted by Crippen LogP contribution is 2.19. The van der Waals surface area contributed by atoms with E-state index in [-0.39, 0.29) is 11.6 Å². The van der Waals surface area contributed by atoms with Gasteiger partial charge in [0.05, 0.1) is 17.4 Å². The van der Waals surface area contributed by atoms with Crippen LogP contribution in [0.25, 0.3) is 11.0 Å². The Morgan fingerprint density at radius 2 is 2.15 bits per heavy atom. The van der Waals surface area contributed by atoms with Crippen LogP contribution in [0, 0.1) is 5.82 Å². The molecule has 0 fully saturated rings. The van der Waals surface area contributed by atoms with Crippen molar-refractivity contribution in [3.8, 4) is 0 Å². The van der Waals surface area contributed by atoms with Gasteiger partial charge in [-0.05, 0) is 26.0 Å². The number of hydrogen-bond acceptors (Lipinski definition) is 3. The van der Waals surface area contributed by atoms with Crippen LogP contribution in [0.15, 0.2) is 18.5 Å². The highest BCUT2D eigenvalue weighted by atomic mass is 19.1. The number of nitrogens with zero attached hydrogens (tertiary/aromatic N) is 2. The van der Waals surface area contributed by atoms with Gasteiger partial charge in [-0.25, -0.2) is 9.37 Å². The van der Waals surface area contributed by atoms with Gasteiger partial charge in [-0.1, -0.05) is 0 Å². The minimum atomic E-state index is -1.12. The molecule has 106 valence electrons. The number of fused-ring (bicyclic) bond motifs is 1. The van der Waals surface area contributed by atoms with Crippen LogP contribution in [0.5, 0.6) is 0 Å². The fourth-order valence-electron chi connectivity index (χ4n) is 1.97. The van der Waals surface area contributed by atoms with Crippen LogP contribution in [-0.4, -0.2) is 44.4 Å². The Kier molecular flexibility index (Phi) is 3.69. The number of halogens is 1.